The summed E-state index contributed by atoms with van der Waals surface area (Å²) in [6.07, 6.45) is -0.0945. The Kier molecular flexibility index (Phi) is 3.94. The van der Waals surface area contributed by atoms with Crippen molar-refractivity contribution in [2.75, 3.05) is 32.1 Å². The van der Waals surface area contributed by atoms with E-state index in [0.717, 1.165) is 18.8 Å². The largest absolute Gasteiger partial charge is 0.376 e. The highest BCUT2D eigenvalue weighted by Crippen LogP contribution is 2.19. The zero-order valence-electron chi connectivity index (χ0n) is 11.5. The Morgan fingerprint density at radius 2 is 2.20 bits per heavy atom. The van der Waals surface area contributed by atoms with Crippen LogP contribution < -0.4 is 5.32 Å². The quantitative estimate of drug-likeness (QED) is 0.915. The normalized spacial score (nSPS) is 19.9. The molecule has 1 unspecified atom stereocenters. The lowest BCUT2D eigenvalue weighted by molar-refractivity contribution is -0.0264. The molecule has 0 spiro atoms. The van der Waals surface area contributed by atoms with Gasteiger partial charge < -0.3 is 19.5 Å². The fraction of sp³-hybridized carbons (Fsp3) is 0.429. The number of para-hydroxylation sites is 1. The topological polar surface area (TPSA) is 63.4 Å². The van der Waals surface area contributed by atoms with Crippen molar-refractivity contribution in [2.24, 2.45) is 0 Å². The van der Waals surface area contributed by atoms with Crippen molar-refractivity contribution in [3.63, 3.8) is 0 Å². The first-order valence-corrected chi connectivity index (χ1v) is 6.73. The van der Waals surface area contributed by atoms with Crippen LogP contribution in [0.5, 0.6) is 0 Å². The van der Waals surface area contributed by atoms with Crippen molar-refractivity contribution < 1.29 is 9.26 Å². The Hall–Kier alpha value is -1.92. The highest BCUT2D eigenvalue weighted by molar-refractivity contribution is 5.42. The zero-order valence-corrected chi connectivity index (χ0v) is 11.5. The second-order valence-corrected chi connectivity index (χ2v) is 4.89. The number of hydrogen-bond donors (Lipinski definition) is 1. The molecule has 1 aromatic heterocycles. The highest BCUT2D eigenvalue weighted by atomic mass is 16.5. The average molecular weight is 274 g/mol. The van der Waals surface area contributed by atoms with Crippen LogP contribution in [0.25, 0.3) is 0 Å². The molecule has 2 aromatic rings. The second-order valence-electron chi connectivity index (χ2n) is 4.89. The molecule has 0 aliphatic carbocycles. The van der Waals surface area contributed by atoms with Crippen LogP contribution in [-0.2, 0) is 11.3 Å². The van der Waals surface area contributed by atoms with Crippen LogP contribution in [0.4, 0.5) is 5.69 Å². The maximum Gasteiger partial charge on any atom is 0.246 e. The van der Waals surface area contributed by atoms with E-state index in [1.165, 1.54) is 0 Å². The summed E-state index contributed by atoms with van der Waals surface area (Å²) in [6, 6.07) is 9.93. The molecule has 20 heavy (non-hydrogen) atoms. The molecule has 1 aromatic carbocycles. The van der Waals surface area contributed by atoms with E-state index in [4.69, 9.17) is 9.26 Å². The van der Waals surface area contributed by atoms with Crippen LogP contribution >= 0.6 is 0 Å². The van der Waals surface area contributed by atoms with Crippen LogP contribution in [0.2, 0.25) is 0 Å². The highest BCUT2D eigenvalue weighted by Gasteiger charge is 2.24. The summed E-state index contributed by atoms with van der Waals surface area (Å²) in [5.41, 5.74) is 1.03. The molecule has 1 saturated heterocycles. The third-order valence-corrected chi connectivity index (χ3v) is 3.26. The summed E-state index contributed by atoms with van der Waals surface area (Å²) in [4.78, 5) is 6.59. The first-order valence-electron chi connectivity index (χ1n) is 6.73. The van der Waals surface area contributed by atoms with Gasteiger partial charge in [0, 0.05) is 18.8 Å². The summed E-state index contributed by atoms with van der Waals surface area (Å²) in [5, 5.41) is 7.25. The lowest BCUT2D eigenvalue weighted by Crippen LogP contribution is -2.35. The first-order chi connectivity index (χ1) is 9.81. The molecule has 1 N–H and O–H groups in total. The SMILES string of the molecule is CN1CCOC(c2noc(CNc3ccccc3)n2)C1. The molecule has 0 amide bonds. The van der Waals surface area contributed by atoms with Crippen molar-refractivity contribution in [3.05, 3.63) is 42.0 Å². The van der Waals surface area contributed by atoms with Crippen molar-refractivity contribution in [1.29, 1.82) is 0 Å². The number of likely N-dealkylation sites (N-methyl/N-ethyl adjacent to an activating group) is 1. The monoisotopic (exact) mass is 274 g/mol. The number of anilines is 1. The van der Waals surface area contributed by atoms with E-state index in [-0.39, 0.29) is 6.10 Å². The van der Waals surface area contributed by atoms with E-state index >= 15 is 0 Å². The molecule has 0 saturated carbocycles. The van der Waals surface area contributed by atoms with Gasteiger partial charge in [0.1, 0.15) is 6.10 Å². The summed E-state index contributed by atoms with van der Waals surface area (Å²) in [6.45, 7) is 2.95. The van der Waals surface area contributed by atoms with Gasteiger partial charge in [-0.1, -0.05) is 23.4 Å². The smallest absolute Gasteiger partial charge is 0.246 e. The molecular formula is C14H18N4O2. The summed E-state index contributed by atoms with van der Waals surface area (Å²) in [5.74, 6) is 1.20. The predicted octanol–water partition coefficient (Wildman–Crippen LogP) is 1.68. The van der Waals surface area contributed by atoms with Crippen molar-refractivity contribution in [3.8, 4) is 0 Å². The zero-order chi connectivity index (χ0) is 13.8. The van der Waals surface area contributed by atoms with Crippen LogP contribution in [0, 0.1) is 0 Å². The Bertz CT molecular complexity index is 543. The molecule has 3 rings (SSSR count). The summed E-state index contributed by atoms with van der Waals surface area (Å²) < 4.78 is 10.9. The molecule has 1 aliphatic heterocycles. The minimum Gasteiger partial charge on any atom is -0.376 e. The van der Waals surface area contributed by atoms with E-state index in [0.29, 0.717) is 24.9 Å². The minimum atomic E-state index is -0.0945. The molecule has 6 nitrogen and oxygen atoms in total. The number of hydrogen-bond acceptors (Lipinski definition) is 6. The molecular weight excluding hydrogens is 256 g/mol. The predicted molar refractivity (Wildman–Crippen MR) is 74.3 cm³/mol. The lowest BCUT2D eigenvalue weighted by atomic mass is 10.3. The maximum atomic E-state index is 5.66. The molecule has 106 valence electrons. The fourth-order valence-electron chi connectivity index (χ4n) is 2.14. The number of aromatic nitrogens is 2. The molecule has 1 aliphatic rings. The van der Waals surface area contributed by atoms with Gasteiger partial charge in [-0.2, -0.15) is 4.98 Å². The van der Waals surface area contributed by atoms with E-state index in [1.807, 2.05) is 30.3 Å². The van der Waals surface area contributed by atoms with Gasteiger partial charge in [0.25, 0.3) is 0 Å². The Labute approximate surface area is 117 Å². The van der Waals surface area contributed by atoms with Crippen molar-refractivity contribution in [1.82, 2.24) is 15.0 Å². The number of nitrogens with one attached hydrogen (secondary N) is 1. The lowest BCUT2D eigenvalue weighted by Gasteiger charge is -2.27. The molecule has 0 radical (unpaired) electrons. The minimum absolute atomic E-state index is 0.0945. The van der Waals surface area contributed by atoms with Gasteiger partial charge in [0.15, 0.2) is 0 Å². The second kappa shape index (κ2) is 6.02. The van der Waals surface area contributed by atoms with Gasteiger partial charge in [-0.15, -0.1) is 0 Å². The number of rotatable bonds is 4. The average Bonchev–Trinajstić information content (AvgIpc) is 2.95. The van der Waals surface area contributed by atoms with Crippen LogP contribution in [0.1, 0.15) is 17.8 Å². The summed E-state index contributed by atoms with van der Waals surface area (Å²) in [7, 11) is 2.06. The van der Waals surface area contributed by atoms with Crippen LogP contribution in [0.3, 0.4) is 0 Å². The third-order valence-electron chi connectivity index (χ3n) is 3.26. The van der Waals surface area contributed by atoms with Gasteiger partial charge in [-0.05, 0) is 19.2 Å². The van der Waals surface area contributed by atoms with Gasteiger partial charge in [0.05, 0.1) is 13.2 Å². The number of benzene rings is 1. The van der Waals surface area contributed by atoms with Gasteiger partial charge >= 0.3 is 0 Å². The van der Waals surface area contributed by atoms with Gasteiger partial charge in [-0.25, -0.2) is 0 Å². The number of morpholine rings is 1. The molecule has 2 heterocycles. The third kappa shape index (κ3) is 3.15. The first kappa shape index (κ1) is 13.1. The Morgan fingerprint density at radius 1 is 1.35 bits per heavy atom. The molecule has 1 fully saturated rings. The van der Waals surface area contributed by atoms with Crippen molar-refractivity contribution >= 4 is 5.69 Å². The molecule has 6 heteroatoms. The number of nitrogens with zero attached hydrogens (tertiary/aromatic N) is 3. The number of ether oxygens (including phenoxy) is 1. The van der Waals surface area contributed by atoms with E-state index in [2.05, 4.69) is 27.4 Å². The van der Waals surface area contributed by atoms with Gasteiger partial charge in [0.2, 0.25) is 11.7 Å². The van der Waals surface area contributed by atoms with Crippen molar-refractivity contribution in [2.45, 2.75) is 12.6 Å². The maximum absolute atomic E-state index is 5.66. The van der Waals surface area contributed by atoms with Crippen LogP contribution in [-0.4, -0.2) is 41.8 Å². The Morgan fingerprint density at radius 3 is 3.00 bits per heavy atom. The summed E-state index contributed by atoms with van der Waals surface area (Å²) >= 11 is 0. The molecule has 1 atom stereocenters. The Balaban J connectivity index is 1.59. The van der Waals surface area contributed by atoms with E-state index in [1.54, 1.807) is 0 Å². The fourth-order valence-corrected chi connectivity index (χ4v) is 2.14. The molecule has 0 bridgehead atoms. The van der Waals surface area contributed by atoms with E-state index < -0.39 is 0 Å². The van der Waals surface area contributed by atoms with Gasteiger partial charge in [-0.3, -0.25) is 0 Å². The van der Waals surface area contributed by atoms with Crippen LogP contribution in [0.15, 0.2) is 34.9 Å². The van der Waals surface area contributed by atoms with E-state index in [9.17, 15) is 0 Å². The standard InChI is InChI=1S/C14H18N4O2/c1-18-7-8-19-12(10-18)14-16-13(20-17-14)9-15-11-5-3-2-4-6-11/h2-6,12,15H,7-10H2,1H3.